The number of amides is 1. The van der Waals surface area contributed by atoms with Crippen molar-refractivity contribution in [2.24, 2.45) is 10.1 Å². The van der Waals surface area contributed by atoms with E-state index in [0.29, 0.717) is 36.8 Å². The molecule has 0 fully saturated rings. The molecule has 226 valence electrons. The Morgan fingerprint density at radius 3 is 2.53 bits per heavy atom. The number of unbranched alkanes of at least 4 members (excludes halogenated alkanes) is 2. The second-order valence-corrected chi connectivity index (χ2v) is 11.2. The van der Waals surface area contributed by atoms with Crippen molar-refractivity contribution < 1.29 is 19.4 Å². The van der Waals surface area contributed by atoms with Gasteiger partial charge in [-0.1, -0.05) is 77.2 Å². The number of hydrogen-bond donors (Lipinski definition) is 3. The lowest BCUT2D eigenvalue weighted by Crippen LogP contribution is -2.54. The second kappa shape index (κ2) is 16.1. The fourth-order valence-corrected chi connectivity index (χ4v) is 5.18. The maximum Gasteiger partial charge on any atom is 0.266 e. The lowest BCUT2D eigenvalue weighted by Gasteiger charge is -2.31. The average molecular weight is 650 g/mol. The van der Waals surface area contributed by atoms with Crippen molar-refractivity contribution >= 4 is 27.7 Å². The van der Waals surface area contributed by atoms with E-state index in [2.05, 4.69) is 43.7 Å². The minimum absolute atomic E-state index is 0.0593. The number of benzene rings is 3. The fraction of sp³-hybridized carbons (Fsp3) is 0.375. The van der Waals surface area contributed by atoms with Crippen LogP contribution in [0, 0.1) is 0 Å². The number of aliphatic hydroxyl groups is 1. The Morgan fingerprint density at radius 2 is 1.84 bits per heavy atom. The van der Waals surface area contributed by atoms with E-state index in [1.165, 1.54) is 0 Å². The zero-order chi connectivity index (χ0) is 30.5. The molecule has 1 aliphatic rings. The van der Waals surface area contributed by atoms with Gasteiger partial charge in [0.25, 0.3) is 5.91 Å². The normalized spacial score (nSPS) is 17.5. The second-order valence-electron chi connectivity index (χ2n) is 10.3. The summed E-state index contributed by atoms with van der Waals surface area (Å²) in [6, 6.07) is 22.6. The van der Waals surface area contributed by atoms with E-state index in [9.17, 15) is 4.79 Å². The molecule has 43 heavy (non-hydrogen) atoms. The number of carbonyl (C=O) groups excluding carboxylic acids is 1. The quantitative estimate of drug-likeness (QED) is 0.0547. The molecular formula is C32H37BrN6O4. The molecule has 11 heteroatoms. The summed E-state index contributed by atoms with van der Waals surface area (Å²) < 4.78 is 13.2. The molecule has 0 saturated heterocycles. The Kier molecular flexibility index (Phi) is 12.0. The standard InChI is InChI=1S/C32H37BrN6O4/c1-2-3-6-18-35-38-31(41)32(21-25-8-4-5-9-26(25)22-36-39-34)29(23-10-14-27(33)15-11-23)43-30(37-32)24-12-16-28(17-13-24)42-20-7-19-40/h4-5,8-17,29,35,40H,2-3,6-7,18-22H2,1H3,(H,38,41)/t29-,32-/m0/s1. The Morgan fingerprint density at radius 1 is 1.09 bits per heavy atom. The van der Waals surface area contributed by atoms with Crippen LogP contribution in [0.4, 0.5) is 0 Å². The molecule has 0 saturated carbocycles. The van der Waals surface area contributed by atoms with Gasteiger partial charge in [-0.05, 0) is 65.0 Å². The summed E-state index contributed by atoms with van der Waals surface area (Å²) in [6.07, 6.45) is 3.04. The van der Waals surface area contributed by atoms with Crippen LogP contribution < -0.4 is 15.6 Å². The monoisotopic (exact) mass is 648 g/mol. The molecule has 2 atom stereocenters. The number of hydrogen-bond acceptors (Lipinski definition) is 7. The largest absolute Gasteiger partial charge is 0.494 e. The summed E-state index contributed by atoms with van der Waals surface area (Å²) in [7, 11) is 0. The van der Waals surface area contributed by atoms with Gasteiger partial charge in [-0.15, -0.1) is 0 Å². The highest BCUT2D eigenvalue weighted by Gasteiger charge is 2.53. The third-order valence-corrected chi connectivity index (χ3v) is 7.72. The number of carbonyl (C=O) groups is 1. The number of aliphatic hydroxyl groups excluding tert-OH is 1. The van der Waals surface area contributed by atoms with Crippen LogP contribution in [0.2, 0.25) is 0 Å². The van der Waals surface area contributed by atoms with Crippen LogP contribution in [-0.2, 0) is 22.5 Å². The molecule has 0 radical (unpaired) electrons. The van der Waals surface area contributed by atoms with Crippen LogP contribution in [0.25, 0.3) is 10.4 Å². The first-order chi connectivity index (χ1) is 21.0. The molecule has 0 bridgehead atoms. The Bertz CT molecular complexity index is 1430. The highest BCUT2D eigenvalue weighted by Crippen LogP contribution is 2.43. The van der Waals surface area contributed by atoms with Gasteiger partial charge in [-0.3, -0.25) is 10.2 Å². The van der Waals surface area contributed by atoms with Crippen molar-refractivity contribution in [3.63, 3.8) is 0 Å². The first-order valence-electron chi connectivity index (χ1n) is 14.5. The number of hydrazine groups is 1. The van der Waals surface area contributed by atoms with Gasteiger partial charge >= 0.3 is 0 Å². The fourth-order valence-electron chi connectivity index (χ4n) is 4.92. The molecule has 1 amide bonds. The predicted molar refractivity (Wildman–Crippen MR) is 170 cm³/mol. The number of halogens is 1. The van der Waals surface area contributed by atoms with Crippen molar-refractivity contribution in [1.29, 1.82) is 0 Å². The third kappa shape index (κ3) is 8.36. The highest BCUT2D eigenvalue weighted by atomic mass is 79.9. The molecule has 0 aliphatic carbocycles. The van der Waals surface area contributed by atoms with Gasteiger partial charge in [-0.25, -0.2) is 10.4 Å². The van der Waals surface area contributed by atoms with E-state index in [0.717, 1.165) is 40.4 Å². The molecule has 4 rings (SSSR count). The van der Waals surface area contributed by atoms with Gasteiger partial charge < -0.3 is 14.6 Å². The first kappa shape index (κ1) is 32.0. The number of ether oxygens (including phenoxy) is 2. The number of nitrogens with one attached hydrogen (secondary N) is 2. The van der Waals surface area contributed by atoms with E-state index in [-0.39, 0.29) is 25.5 Å². The molecule has 3 N–H and O–H groups in total. The van der Waals surface area contributed by atoms with Crippen molar-refractivity contribution in [1.82, 2.24) is 10.9 Å². The van der Waals surface area contributed by atoms with Gasteiger partial charge in [0.15, 0.2) is 11.6 Å². The molecule has 3 aromatic carbocycles. The molecule has 0 aromatic heterocycles. The zero-order valence-electron chi connectivity index (χ0n) is 24.2. The van der Waals surface area contributed by atoms with Crippen LogP contribution in [-0.4, -0.2) is 42.2 Å². The van der Waals surface area contributed by atoms with Crippen molar-refractivity contribution in [3.8, 4) is 5.75 Å². The topological polar surface area (TPSA) is 141 Å². The lowest BCUT2D eigenvalue weighted by atomic mass is 9.81. The number of nitrogens with zero attached hydrogens (tertiary/aromatic N) is 4. The Labute approximate surface area is 260 Å². The molecule has 1 aliphatic heterocycles. The number of azide groups is 1. The van der Waals surface area contributed by atoms with Gasteiger partial charge in [0.1, 0.15) is 5.75 Å². The van der Waals surface area contributed by atoms with Gasteiger partial charge in [0.2, 0.25) is 5.90 Å². The smallest absolute Gasteiger partial charge is 0.266 e. The summed E-state index contributed by atoms with van der Waals surface area (Å²) in [5.74, 6) is 0.672. The van der Waals surface area contributed by atoms with Gasteiger partial charge in [0, 0.05) is 40.9 Å². The third-order valence-electron chi connectivity index (χ3n) is 7.19. The van der Waals surface area contributed by atoms with Crippen LogP contribution in [0.1, 0.15) is 61.0 Å². The minimum atomic E-state index is -1.39. The zero-order valence-corrected chi connectivity index (χ0v) is 25.8. The maximum atomic E-state index is 14.3. The highest BCUT2D eigenvalue weighted by molar-refractivity contribution is 9.10. The summed E-state index contributed by atoms with van der Waals surface area (Å²) in [4.78, 5) is 22.3. The molecule has 0 unspecified atom stereocenters. The van der Waals surface area contributed by atoms with Crippen molar-refractivity contribution in [2.45, 2.75) is 57.2 Å². The predicted octanol–water partition coefficient (Wildman–Crippen LogP) is 6.33. The molecule has 1 heterocycles. The summed E-state index contributed by atoms with van der Waals surface area (Å²) >= 11 is 3.51. The summed E-state index contributed by atoms with van der Waals surface area (Å²) in [5.41, 5.74) is 16.7. The van der Waals surface area contributed by atoms with Crippen molar-refractivity contribution in [3.05, 3.63) is 110 Å². The molecule has 10 nitrogen and oxygen atoms in total. The summed E-state index contributed by atoms with van der Waals surface area (Å²) in [5, 5.41) is 12.8. The molecule has 3 aromatic rings. The number of aliphatic imine (C=N–C) groups is 1. The van der Waals surface area contributed by atoms with E-state index in [1.807, 2.05) is 72.8 Å². The van der Waals surface area contributed by atoms with Gasteiger partial charge in [-0.2, -0.15) is 0 Å². The van der Waals surface area contributed by atoms with E-state index < -0.39 is 11.6 Å². The Balaban J connectivity index is 1.77. The summed E-state index contributed by atoms with van der Waals surface area (Å²) in [6.45, 7) is 3.37. The Hall–Kier alpha value is -3.89. The molecular weight excluding hydrogens is 612 g/mol. The van der Waals surface area contributed by atoms with Crippen LogP contribution in [0.15, 0.2) is 87.4 Å². The van der Waals surface area contributed by atoms with E-state index in [1.54, 1.807) is 0 Å². The average Bonchev–Trinajstić information content (AvgIpc) is 3.41. The maximum absolute atomic E-state index is 14.3. The van der Waals surface area contributed by atoms with E-state index >= 15 is 0 Å². The van der Waals surface area contributed by atoms with Crippen molar-refractivity contribution in [2.75, 3.05) is 19.8 Å². The minimum Gasteiger partial charge on any atom is -0.494 e. The van der Waals surface area contributed by atoms with Gasteiger partial charge in [0.05, 0.1) is 13.2 Å². The number of rotatable bonds is 16. The van der Waals surface area contributed by atoms with E-state index in [4.69, 9.17) is 25.1 Å². The van der Waals surface area contributed by atoms with Crippen LogP contribution in [0.3, 0.4) is 0 Å². The SMILES string of the molecule is CCCCCNNC(=O)[C@@]1(Cc2ccccc2CN=[N+]=[N-])N=C(c2ccc(OCCCO)cc2)O[C@H]1c1ccc(Br)cc1. The van der Waals surface area contributed by atoms with Crippen LogP contribution >= 0.6 is 15.9 Å². The molecule has 0 spiro atoms. The first-order valence-corrected chi connectivity index (χ1v) is 15.3. The lowest BCUT2D eigenvalue weighted by molar-refractivity contribution is -0.130. The van der Waals surface area contributed by atoms with Crippen LogP contribution in [0.5, 0.6) is 5.75 Å².